The summed E-state index contributed by atoms with van der Waals surface area (Å²) in [5, 5.41) is 10.3. The van der Waals surface area contributed by atoms with Gasteiger partial charge in [0.05, 0.1) is 0 Å². The Balaban J connectivity index is 2.95. The Hall–Kier alpha value is -0.960. The van der Waals surface area contributed by atoms with Gasteiger partial charge in [-0.25, -0.2) is 0 Å². The van der Waals surface area contributed by atoms with Crippen molar-refractivity contribution < 1.29 is 19.1 Å². The molecule has 1 rings (SSSR count). The van der Waals surface area contributed by atoms with E-state index in [0.29, 0.717) is 5.75 Å². The lowest BCUT2D eigenvalue weighted by atomic mass is 9.97. The van der Waals surface area contributed by atoms with Crippen LogP contribution in [0.3, 0.4) is 0 Å². The average molecular weight is 299 g/mol. The molecular weight excluding hydrogens is 275 g/mol. The minimum absolute atomic E-state index is 0.101. The Labute approximate surface area is 121 Å². The lowest BCUT2D eigenvalue weighted by Crippen LogP contribution is -1.97. The molecule has 0 fully saturated rings. The van der Waals surface area contributed by atoms with Crippen LogP contribution in [0.2, 0.25) is 0 Å². The van der Waals surface area contributed by atoms with Crippen molar-refractivity contribution >= 4 is 8.25 Å². The predicted octanol–water partition coefficient (Wildman–Crippen LogP) is 4.24. The van der Waals surface area contributed by atoms with Crippen LogP contribution < -0.4 is 0 Å². The molecule has 0 radical (unpaired) electrons. The number of phenolic OH excluding ortho intramolecular Hbond substituents is 1. The highest BCUT2D eigenvalue weighted by Crippen LogP contribution is 2.29. The van der Waals surface area contributed by atoms with E-state index >= 15 is 0 Å². The Morgan fingerprint density at radius 1 is 1.10 bits per heavy atom. The summed E-state index contributed by atoms with van der Waals surface area (Å²) in [6.07, 6.45) is 5.79. The number of aromatic hydroxyl groups is 1. The van der Waals surface area contributed by atoms with Crippen molar-refractivity contribution in [3.63, 3.8) is 0 Å². The lowest BCUT2D eigenvalue weighted by Gasteiger charge is -2.12. The van der Waals surface area contributed by atoms with Crippen LogP contribution in [-0.2, 0) is 28.5 Å². The Morgan fingerprint density at radius 2 is 1.60 bits per heavy atom. The van der Waals surface area contributed by atoms with Gasteiger partial charge < -0.3 is 5.11 Å². The van der Waals surface area contributed by atoms with E-state index in [9.17, 15) is 9.67 Å². The smallest absolute Gasteiger partial charge is 0.507 e. The number of benzene rings is 1. The largest absolute Gasteiger partial charge is 0.695 e. The summed E-state index contributed by atoms with van der Waals surface area (Å²) in [7, 11) is -2.59. The summed E-state index contributed by atoms with van der Waals surface area (Å²) >= 11 is 0. The Bertz CT molecular complexity index is 416. The number of hydrogen-bond donors (Lipinski definition) is 2. The van der Waals surface area contributed by atoms with Crippen molar-refractivity contribution in [1.29, 1.82) is 0 Å². The molecule has 0 saturated carbocycles. The van der Waals surface area contributed by atoms with Crippen molar-refractivity contribution in [1.82, 2.24) is 0 Å². The maximum Gasteiger partial charge on any atom is 0.695 e. The second kappa shape index (κ2) is 9.06. The van der Waals surface area contributed by atoms with Gasteiger partial charge in [-0.3, -0.25) is 0 Å². The number of phenols is 1. The molecule has 0 bridgehead atoms. The quantitative estimate of drug-likeness (QED) is 0.669. The number of aryl methyl sites for hydroxylation is 2. The molecule has 20 heavy (non-hydrogen) atoms. The zero-order valence-corrected chi connectivity index (χ0v) is 13.2. The van der Waals surface area contributed by atoms with E-state index in [1.165, 1.54) is 0 Å². The third kappa shape index (κ3) is 5.58. The first-order chi connectivity index (χ1) is 9.58. The Kier molecular flexibility index (Phi) is 7.75. The second-order valence-corrected chi connectivity index (χ2v) is 5.71. The Morgan fingerprint density at radius 3 is 2.00 bits per heavy atom. The zero-order valence-electron chi connectivity index (χ0n) is 12.3. The summed E-state index contributed by atoms with van der Waals surface area (Å²) in [6, 6.07) is 3.75. The van der Waals surface area contributed by atoms with Gasteiger partial charge in [0, 0.05) is 4.57 Å². The van der Waals surface area contributed by atoms with Crippen LogP contribution >= 0.6 is 8.25 Å². The van der Waals surface area contributed by atoms with E-state index in [-0.39, 0.29) is 6.61 Å². The third-order valence-corrected chi connectivity index (χ3v) is 3.62. The molecule has 0 aliphatic rings. The van der Waals surface area contributed by atoms with Crippen LogP contribution in [0, 0.1) is 0 Å². The van der Waals surface area contributed by atoms with E-state index < -0.39 is 8.25 Å². The molecule has 5 heteroatoms. The van der Waals surface area contributed by atoms with Crippen LogP contribution in [0.15, 0.2) is 12.1 Å². The average Bonchev–Trinajstić information content (AvgIpc) is 2.43. The highest BCUT2D eigenvalue weighted by molar-refractivity contribution is 7.32. The number of hydrogen-bond acceptors (Lipinski definition) is 3. The molecule has 1 aromatic rings. The molecule has 0 aliphatic carbocycles. The molecule has 1 atom stereocenters. The SMILES string of the molecule is CCCCc1cc(CO[P+](=O)O)cc(CCCC)c1O. The molecule has 2 N–H and O–H groups in total. The molecule has 0 aliphatic heterocycles. The maximum atomic E-state index is 10.6. The van der Waals surface area contributed by atoms with Crippen LogP contribution in [0.25, 0.3) is 0 Å². The monoisotopic (exact) mass is 299 g/mol. The second-order valence-electron chi connectivity index (χ2n) is 4.98. The van der Waals surface area contributed by atoms with Gasteiger partial charge in [-0.1, -0.05) is 26.7 Å². The van der Waals surface area contributed by atoms with Crippen molar-refractivity contribution in [2.45, 2.75) is 59.0 Å². The van der Waals surface area contributed by atoms with Crippen molar-refractivity contribution in [2.24, 2.45) is 0 Å². The predicted molar refractivity (Wildman–Crippen MR) is 79.9 cm³/mol. The first kappa shape index (κ1) is 17.1. The van der Waals surface area contributed by atoms with Gasteiger partial charge >= 0.3 is 8.25 Å². The minimum Gasteiger partial charge on any atom is -0.507 e. The van der Waals surface area contributed by atoms with Crippen molar-refractivity contribution in [3.05, 3.63) is 28.8 Å². The molecular formula is C15H24O4P+. The minimum atomic E-state index is -2.59. The molecule has 1 aromatic carbocycles. The van der Waals surface area contributed by atoms with Crippen molar-refractivity contribution in [3.8, 4) is 5.75 Å². The van der Waals surface area contributed by atoms with Crippen molar-refractivity contribution in [2.75, 3.05) is 0 Å². The fraction of sp³-hybridized carbons (Fsp3) is 0.600. The molecule has 0 saturated heterocycles. The maximum absolute atomic E-state index is 10.6. The van der Waals surface area contributed by atoms with Gasteiger partial charge in [0.15, 0.2) is 0 Å². The van der Waals surface area contributed by atoms with Gasteiger partial charge in [0.1, 0.15) is 12.4 Å². The first-order valence-electron chi connectivity index (χ1n) is 7.21. The topological polar surface area (TPSA) is 66.8 Å². The fourth-order valence-electron chi connectivity index (χ4n) is 2.16. The van der Waals surface area contributed by atoms with Gasteiger partial charge in [0.2, 0.25) is 0 Å². The van der Waals surface area contributed by atoms with Crippen LogP contribution in [0.1, 0.15) is 56.2 Å². The molecule has 4 nitrogen and oxygen atoms in total. The molecule has 1 unspecified atom stereocenters. The third-order valence-electron chi connectivity index (χ3n) is 3.27. The summed E-state index contributed by atoms with van der Waals surface area (Å²) in [5.74, 6) is 0.379. The molecule has 112 valence electrons. The molecule has 0 aromatic heterocycles. The number of rotatable bonds is 9. The van der Waals surface area contributed by atoms with Gasteiger partial charge in [-0.2, -0.15) is 0 Å². The van der Waals surface area contributed by atoms with Gasteiger partial charge in [-0.05, 0) is 54.5 Å². The fourth-order valence-corrected chi connectivity index (χ4v) is 2.42. The van der Waals surface area contributed by atoms with E-state index in [0.717, 1.165) is 55.2 Å². The van der Waals surface area contributed by atoms with Gasteiger partial charge in [-0.15, -0.1) is 9.42 Å². The first-order valence-corrected chi connectivity index (χ1v) is 8.34. The van der Waals surface area contributed by atoms with E-state index in [4.69, 9.17) is 9.42 Å². The highest BCUT2D eigenvalue weighted by Gasteiger charge is 2.15. The van der Waals surface area contributed by atoms with E-state index in [2.05, 4.69) is 13.8 Å². The summed E-state index contributed by atoms with van der Waals surface area (Å²) in [5.41, 5.74) is 2.66. The van der Waals surface area contributed by atoms with Crippen LogP contribution in [0.4, 0.5) is 0 Å². The van der Waals surface area contributed by atoms with Gasteiger partial charge in [0.25, 0.3) is 0 Å². The van der Waals surface area contributed by atoms with Crippen LogP contribution in [-0.4, -0.2) is 10.00 Å². The molecule has 0 amide bonds. The highest BCUT2D eigenvalue weighted by atomic mass is 31.1. The normalized spacial score (nSPS) is 11.7. The molecule has 0 spiro atoms. The van der Waals surface area contributed by atoms with Crippen LogP contribution in [0.5, 0.6) is 5.75 Å². The zero-order chi connectivity index (χ0) is 15.0. The van der Waals surface area contributed by atoms with E-state index in [1.807, 2.05) is 12.1 Å². The lowest BCUT2D eigenvalue weighted by molar-refractivity contribution is 0.272. The van der Waals surface area contributed by atoms with E-state index in [1.54, 1.807) is 0 Å². The summed E-state index contributed by atoms with van der Waals surface area (Å²) < 4.78 is 15.4. The molecule has 0 heterocycles. The summed E-state index contributed by atoms with van der Waals surface area (Å²) in [6.45, 7) is 4.32. The standard InChI is InChI=1S/C15H23O4P/c1-3-5-7-13-9-12(11-19-20(17)18)10-14(15(13)16)8-6-4-2/h9-10H,3-8,11H2,1-2H3,(H-,16,17,18)/p+1. The summed E-state index contributed by atoms with van der Waals surface area (Å²) in [4.78, 5) is 8.73. The number of unbranched alkanes of at least 4 members (excludes halogenated alkanes) is 2.